The SMILES string of the molecule is COc1cccc(C2(NC(=O)c3ccc(C(=O)O)cn3)CCC2)c1. The van der Waals surface area contributed by atoms with Gasteiger partial charge in [0.15, 0.2) is 0 Å². The van der Waals surface area contributed by atoms with Gasteiger partial charge in [0.2, 0.25) is 0 Å². The van der Waals surface area contributed by atoms with Gasteiger partial charge >= 0.3 is 5.97 Å². The van der Waals surface area contributed by atoms with Crippen LogP contribution in [0.3, 0.4) is 0 Å². The van der Waals surface area contributed by atoms with Crippen molar-refractivity contribution >= 4 is 11.9 Å². The van der Waals surface area contributed by atoms with Crippen LogP contribution in [-0.2, 0) is 5.54 Å². The number of carbonyl (C=O) groups is 2. The van der Waals surface area contributed by atoms with Gasteiger partial charge in [0, 0.05) is 6.20 Å². The zero-order valence-corrected chi connectivity index (χ0v) is 13.3. The number of hydrogen-bond donors (Lipinski definition) is 2. The molecule has 2 aromatic rings. The minimum absolute atomic E-state index is 0.0534. The lowest BCUT2D eigenvalue weighted by atomic mass is 9.71. The number of carboxylic acids is 1. The second kappa shape index (κ2) is 6.31. The molecule has 0 unspecified atom stereocenters. The Bertz CT molecular complexity index is 767. The molecular formula is C18H18N2O4. The second-order valence-electron chi connectivity index (χ2n) is 5.86. The summed E-state index contributed by atoms with van der Waals surface area (Å²) in [6.45, 7) is 0. The predicted molar refractivity (Wildman–Crippen MR) is 87.2 cm³/mol. The Morgan fingerprint density at radius 2 is 2.04 bits per heavy atom. The van der Waals surface area contributed by atoms with Crippen LogP contribution in [0.4, 0.5) is 0 Å². The number of ether oxygens (including phenoxy) is 1. The maximum atomic E-state index is 12.5. The molecule has 1 aromatic heterocycles. The minimum Gasteiger partial charge on any atom is -0.497 e. The van der Waals surface area contributed by atoms with Crippen LogP contribution in [0.2, 0.25) is 0 Å². The number of rotatable bonds is 5. The monoisotopic (exact) mass is 326 g/mol. The minimum atomic E-state index is -1.07. The Balaban J connectivity index is 1.81. The molecule has 0 radical (unpaired) electrons. The van der Waals surface area contributed by atoms with E-state index in [1.54, 1.807) is 7.11 Å². The number of methoxy groups -OCH3 is 1. The molecule has 0 spiro atoms. The van der Waals surface area contributed by atoms with E-state index in [0.717, 1.165) is 30.6 Å². The maximum absolute atomic E-state index is 12.5. The molecule has 1 aliphatic carbocycles. The number of pyridine rings is 1. The maximum Gasteiger partial charge on any atom is 0.337 e. The number of carboxylic acid groups (broad SMARTS) is 1. The molecular weight excluding hydrogens is 308 g/mol. The van der Waals surface area contributed by atoms with Crippen molar-refractivity contribution < 1.29 is 19.4 Å². The molecule has 0 saturated heterocycles. The molecule has 3 rings (SSSR count). The Morgan fingerprint density at radius 1 is 1.25 bits per heavy atom. The summed E-state index contributed by atoms with van der Waals surface area (Å²) in [6, 6.07) is 10.5. The van der Waals surface area contributed by atoms with E-state index in [0.29, 0.717) is 0 Å². The van der Waals surface area contributed by atoms with Gasteiger partial charge < -0.3 is 15.2 Å². The average Bonchev–Trinajstić information content (AvgIpc) is 2.58. The van der Waals surface area contributed by atoms with E-state index < -0.39 is 11.5 Å². The molecule has 1 heterocycles. The summed E-state index contributed by atoms with van der Waals surface area (Å²) in [5, 5.41) is 12.0. The van der Waals surface area contributed by atoms with Crippen molar-refractivity contribution in [1.29, 1.82) is 0 Å². The molecule has 1 amide bonds. The first-order chi connectivity index (χ1) is 11.5. The van der Waals surface area contributed by atoms with Crippen LogP contribution in [0.25, 0.3) is 0 Å². The molecule has 0 bridgehead atoms. The van der Waals surface area contributed by atoms with Crippen LogP contribution in [0.1, 0.15) is 45.7 Å². The normalized spacial score (nSPS) is 15.2. The van der Waals surface area contributed by atoms with Crippen LogP contribution < -0.4 is 10.1 Å². The summed E-state index contributed by atoms with van der Waals surface area (Å²) >= 11 is 0. The Labute approximate surface area is 139 Å². The lowest BCUT2D eigenvalue weighted by molar-refractivity contribution is 0.0694. The van der Waals surface area contributed by atoms with Crippen molar-refractivity contribution in [2.45, 2.75) is 24.8 Å². The number of nitrogens with zero attached hydrogens (tertiary/aromatic N) is 1. The topological polar surface area (TPSA) is 88.5 Å². The fourth-order valence-electron chi connectivity index (χ4n) is 2.87. The van der Waals surface area contributed by atoms with E-state index in [9.17, 15) is 9.59 Å². The summed E-state index contributed by atoms with van der Waals surface area (Å²) in [4.78, 5) is 27.3. The van der Waals surface area contributed by atoms with E-state index in [2.05, 4.69) is 10.3 Å². The number of aromatic nitrogens is 1. The molecule has 1 fully saturated rings. The smallest absolute Gasteiger partial charge is 0.337 e. The van der Waals surface area contributed by atoms with Crippen LogP contribution in [-0.4, -0.2) is 29.1 Å². The third-order valence-electron chi connectivity index (χ3n) is 4.43. The molecule has 0 atom stereocenters. The number of hydrogen-bond acceptors (Lipinski definition) is 4. The molecule has 24 heavy (non-hydrogen) atoms. The molecule has 1 aromatic carbocycles. The van der Waals surface area contributed by atoms with Crippen molar-refractivity contribution in [3.63, 3.8) is 0 Å². The first kappa shape index (κ1) is 16.0. The Morgan fingerprint density at radius 3 is 2.58 bits per heavy atom. The van der Waals surface area contributed by atoms with E-state index in [4.69, 9.17) is 9.84 Å². The van der Waals surface area contributed by atoms with E-state index in [1.807, 2.05) is 24.3 Å². The zero-order chi connectivity index (χ0) is 17.2. The van der Waals surface area contributed by atoms with Gasteiger partial charge in [-0.3, -0.25) is 9.78 Å². The Hall–Kier alpha value is -2.89. The van der Waals surface area contributed by atoms with Crippen molar-refractivity contribution in [2.75, 3.05) is 7.11 Å². The molecule has 124 valence electrons. The lowest BCUT2D eigenvalue weighted by Gasteiger charge is -2.43. The third-order valence-corrected chi connectivity index (χ3v) is 4.43. The largest absolute Gasteiger partial charge is 0.497 e. The standard InChI is InChI=1S/C18H18N2O4/c1-24-14-5-2-4-13(10-14)18(8-3-9-18)20-16(21)15-7-6-12(11-19-15)17(22)23/h2,4-7,10-11H,3,8-9H2,1H3,(H,20,21)(H,22,23). The number of benzene rings is 1. The average molecular weight is 326 g/mol. The molecule has 2 N–H and O–H groups in total. The number of amides is 1. The van der Waals surface area contributed by atoms with Crippen molar-refractivity contribution in [3.8, 4) is 5.75 Å². The number of carbonyl (C=O) groups excluding carboxylic acids is 1. The summed E-state index contributed by atoms with van der Waals surface area (Å²) in [6.07, 6.45) is 3.91. The van der Waals surface area contributed by atoms with Gasteiger partial charge in [-0.2, -0.15) is 0 Å². The highest BCUT2D eigenvalue weighted by molar-refractivity contribution is 5.94. The van der Waals surface area contributed by atoms with Crippen LogP contribution in [0.15, 0.2) is 42.6 Å². The highest BCUT2D eigenvalue weighted by Crippen LogP contribution is 2.42. The Kier molecular flexibility index (Phi) is 4.20. The molecule has 1 saturated carbocycles. The van der Waals surface area contributed by atoms with Crippen molar-refractivity contribution in [1.82, 2.24) is 10.3 Å². The highest BCUT2D eigenvalue weighted by Gasteiger charge is 2.40. The predicted octanol–water partition coefficient (Wildman–Crippen LogP) is 2.60. The van der Waals surface area contributed by atoms with Gasteiger partial charge in [0.25, 0.3) is 5.91 Å². The third kappa shape index (κ3) is 2.95. The van der Waals surface area contributed by atoms with Crippen LogP contribution in [0, 0.1) is 0 Å². The number of aromatic carboxylic acids is 1. The zero-order valence-electron chi connectivity index (χ0n) is 13.3. The van der Waals surface area contributed by atoms with Crippen LogP contribution >= 0.6 is 0 Å². The summed E-state index contributed by atoms with van der Waals surface area (Å²) in [5.41, 5.74) is 0.842. The summed E-state index contributed by atoms with van der Waals surface area (Å²) in [7, 11) is 1.61. The summed E-state index contributed by atoms with van der Waals surface area (Å²) < 4.78 is 5.26. The quantitative estimate of drug-likeness (QED) is 0.881. The first-order valence-electron chi connectivity index (χ1n) is 7.70. The van der Waals surface area contributed by atoms with E-state index in [1.165, 1.54) is 18.3 Å². The molecule has 6 heteroatoms. The highest BCUT2D eigenvalue weighted by atomic mass is 16.5. The van der Waals surface area contributed by atoms with Gasteiger partial charge in [-0.15, -0.1) is 0 Å². The van der Waals surface area contributed by atoms with Gasteiger partial charge in [0.05, 0.1) is 18.2 Å². The fourth-order valence-corrected chi connectivity index (χ4v) is 2.87. The van der Waals surface area contributed by atoms with E-state index >= 15 is 0 Å². The number of nitrogens with one attached hydrogen (secondary N) is 1. The van der Waals surface area contributed by atoms with Gasteiger partial charge in [-0.05, 0) is 49.1 Å². The second-order valence-corrected chi connectivity index (χ2v) is 5.86. The van der Waals surface area contributed by atoms with Gasteiger partial charge in [-0.25, -0.2) is 4.79 Å². The van der Waals surface area contributed by atoms with Crippen molar-refractivity contribution in [3.05, 3.63) is 59.4 Å². The van der Waals surface area contributed by atoms with Gasteiger partial charge in [0.1, 0.15) is 11.4 Å². The first-order valence-corrected chi connectivity index (χ1v) is 7.70. The molecule has 0 aliphatic heterocycles. The van der Waals surface area contributed by atoms with Crippen molar-refractivity contribution in [2.24, 2.45) is 0 Å². The molecule has 6 nitrogen and oxygen atoms in total. The van der Waals surface area contributed by atoms with E-state index in [-0.39, 0.29) is 17.2 Å². The fraction of sp³-hybridized carbons (Fsp3) is 0.278. The van der Waals surface area contributed by atoms with Gasteiger partial charge in [-0.1, -0.05) is 12.1 Å². The molecule has 1 aliphatic rings. The summed E-state index contributed by atoms with van der Waals surface area (Å²) in [5.74, 6) is -0.632. The van der Waals surface area contributed by atoms with Crippen LogP contribution in [0.5, 0.6) is 5.75 Å². The lowest BCUT2D eigenvalue weighted by Crippen LogP contribution is -2.51.